The lowest BCUT2D eigenvalue weighted by Crippen LogP contribution is -2.42. The number of hydrogen-bond acceptors (Lipinski definition) is 5. The summed E-state index contributed by atoms with van der Waals surface area (Å²) in [5, 5.41) is 3.33. The molecule has 2 atom stereocenters. The van der Waals surface area contributed by atoms with Crippen LogP contribution in [0, 0.1) is 0 Å². The average molecular weight is 324 g/mol. The number of hydrogen-bond donors (Lipinski definition) is 1. The molecule has 1 aromatic carbocycles. The van der Waals surface area contributed by atoms with Crippen molar-refractivity contribution in [3.05, 3.63) is 18.2 Å². The molecule has 2 unspecified atom stereocenters. The van der Waals surface area contributed by atoms with E-state index >= 15 is 0 Å². The Labute approximate surface area is 130 Å². The SMILES string of the molecule is O=S(=O)(c1ccc2c(c1)OCCO2)N1C2CCNCC1CC2. The number of rotatable bonds is 2. The summed E-state index contributed by atoms with van der Waals surface area (Å²) < 4.78 is 38.9. The molecule has 2 saturated heterocycles. The first-order chi connectivity index (χ1) is 10.7. The summed E-state index contributed by atoms with van der Waals surface area (Å²) >= 11 is 0. The van der Waals surface area contributed by atoms with Crippen LogP contribution in [0.5, 0.6) is 11.5 Å². The second kappa shape index (κ2) is 5.40. The third-order valence-corrected chi connectivity index (χ3v) is 6.68. The molecule has 0 spiro atoms. The molecule has 3 aliphatic rings. The van der Waals surface area contributed by atoms with Gasteiger partial charge in [0, 0.05) is 24.7 Å². The lowest BCUT2D eigenvalue weighted by molar-refractivity contribution is 0.171. The number of fused-ring (bicyclic) bond motifs is 3. The molecule has 0 radical (unpaired) electrons. The lowest BCUT2D eigenvalue weighted by atomic mass is 10.1. The molecule has 3 aliphatic heterocycles. The van der Waals surface area contributed by atoms with E-state index in [2.05, 4.69) is 5.32 Å². The van der Waals surface area contributed by atoms with E-state index in [1.807, 2.05) is 0 Å². The summed E-state index contributed by atoms with van der Waals surface area (Å²) in [6.07, 6.45) is 2.76. The molecule has 0 amide bonds. The van der Waals surface area contributed by atoms with Crippen molar-refractivity contribution >= 4 is 10.0 Å². The first kappa shape index (κ1) is 14.3. The van der Waals surface area contributed by atoms with Gasteiger partial charge in [0.15, 0.2) is 11.5 Å². The zero-order valence-electron chi connectivity index (χ0n) is 12.3. The predicted octanol–water partition coefficient (Wildman–Crippen LogP) is 0.973. The Morgan fingerprint density at radius 3 is 2.68 bits per heavy atom. The number of sulfonamides is 1. The first-order valence-electron chi connectivity index (χ1n) is 7.80. The van der Waals surface area contributed by atoms with Crippen LogP contribution in [0.1, 0.15) is 19.3 Å². The Kier molecular flexibility index (Phi) is 3.51. The van der Waals surface area contributed by atoms with Gasteiger partial charge in [-0.05, 0) is 37.9 Å². The summed E-state index contributed by atoms with van der Waals surface area (Å²) in [6.45, 7) is 2.57. The fraction of sp³-hybridized carbons (Fsp3) is 0.600. The summed E-state index contributed by atoms with van der Waals surface area (Å²) in [5.74, 6) is 1.14. The van der Waals surface area contributed by atoms with Gasteiger partial charge in [-0.15, -0.1) is 0 Å². The highest BCUT2D eigenvalue weighted by Crippen LogP contribution is 2.37. The van der Waals surface area contributed by atoms with Crippen molar-refractivity contribution < 1.29 is 17.9 Å². The molecule has 1 aromatic rings. The zero-order valence-corrected chi connectivity index (χ0v) is 13.1. The fourth-order valence-electron chi connectivity index (χ4n) is 3.64. The van der Waals surface area contributed by atoms with Gasteiger partial charge in [-0.2, -0.15) is 4.31 Å². The Balaban J connectivity index is 1.71. The van der Waals surface area contributed by atoms with Gasteiger partial charge in [0.2, 0.25) is 10.0 Å². The van der Waals surface area contributed by atoms with E-state index in [-0.39, 0.29) is 12.1 Å². The standard InChI is InChI=1S/C15H20N2O4S/c18-22(19,17-11-1-2-12(17)10-16-6-5-11)13-3-4-14-15(9-13)21-8-7-20-14/h3-4,9,11-12,16H,1-2,5-8,10H2. The third-order valence-electron chi connectivity index (χ3n) is 4.68. The van der Waals surface area contributed by atoms with Crippen molar-refractivity contribution in [2.45, 2.75) is 36.2 Å². The maximum atomic E-state index is 13.1. The highest BCUT2D eigenvalue weighted by molar-refractivity contribution is 7.89. The molecule has 3 heterocycles. The van der Waals surface area contributed by atoms with E-state index in [1.54, 1.807) is 22.5 Å². The Hall–Kier alpha value is -1.31. The van der Waals surface area contributed by atoms with Crippen LogP contribution >= 0.6 is 0 Å². The van der Waals surface area contributed by atoms with E-state index < -0.39 is 10.0 Å². The molecule has 7 heteroatoms. The van der Waals surface area contributed by atoms with Crippen molar-refractivity contribution in [2.24, 2.45) is 0 Å². The van der Waals surface area contributed by atoms with Gasteiger partial charge in [0.05, 0.1) is 4.90 Å². The quantitative estimate of drug-likeness (QED) is 0.878. The maximum absolute atomic E-state index is 13.1. The van der Waals surface area contributed by atoms with E-state index in [1.165, 1.54) is 0 Å². The second-order valence-corrected chi connectivity index (χ2v) is 7.86. The molecular weight excluding hydrogens is 304 g/mol. The highest BCUT2D eigenvalue weighted by Gasteiger charge is 2.43. The van der Waals surface area contributed by atoms with Crippen LogP contribution in [-0.2, 0) is 10.0 Å². The molecule has 1 N–H and O–H groups in total. The highest BCUT2D eigenvalue weighted by atomic mass is 32.2. The topological polar surface area (TPSA) is 67.9 Å². The lowest BCUT2D eigenvalue weighted by Gasteiger charge is -2.27. The normalized spacial score (nSPS) is 28.4. The Bertz CT molecular complexity index is 662. The van der Waals surface area contributed by atoms with E-state index in [4.69, 9.17) is 9.47 Å². The molecule has 120 valence electrons. The van der Waals surface area contributed by atoms with Crippen molar-refractivity contribution in [3.8, 4) is 11.5 Å². The largest absolute Gasteiger partial charge is 0.486 e. The monoisotopic (exact) mass is 324 g/mol. The van der Waals surface area contributed by atoms with Crippen LogP contribution in [-0.4, -0.2) is 51.1 Å². The van der Waals surface area contributed by atoms with Gasteiger partial charge in [-0.25, -0.2) is 8.42 Å². The minimum absolute atomic E-state index is 0.0608. The molecule has 2 bridgehead atoms. The molecule has 0 saturated carbocycles. The average Bonchev–Trinajstić information content (AvgIpc) is 2.80. The number of nitrogens with one attached hydrogen (secondary N) is 1. The van der Waals surface area contributed by atoms with Gasteiger partial charge < -0.3 is 14.8 Å². The van der Waals surface area contributed by atoms with Gasteiger partial charge >= 0.3 is 0 Å². The molecule has 0 aliphatic carbocycles. The Morgan fingerprint density at radius 2 is 1.82 bits per heavy atom. The van der Waals surface area contributed by atoms with Crippen molar-refractivity contribution in [1.82, 2.24) is 9.62 Å². The van der Waals surface area contributed by atoms with Gasteiger partial charge in [-0.3, -0.25) is 0 Å². The van der Waals surface area contributed by atoms with E-state index in [9.17, 15) is 8.42 Å². The molecule has 4 rings (SSSR count). The summed E-state index contributed by atoms with van der Waals surface area (Å²) in [4.78, 5) is 0.301. The van der Waals surface area contributed by atoms with E-state index in [0.29, 0.717) is 29.6 Å². The number of nitrogens with zero attached hydrogens (tertiary/aromatic N) is 1. The summed E-state index contributed by atoms with van der Waals surface area (Å²) in [6, 6.07) is 5.09. The minimum atomic E-state index is -3.50. The fourth-order valence-corrected chi connectivity index (χ4v) is 5.55. The van der Waals surface area contributed by atoms with Crippen molar-refractivity contribution in [3.63, 3.8) is 0 Å². The van der Waals surface area contributed by atoms with Gasteiger partial charge in [0.25, 0.3) is 0 Å². The molecule has 2 fully saturated rings. The predicted molar refractivity (Wildman–Crippen MR) is 80.8 cm³/mol. The molecule has 22 heavy (non-hydrogen) atoms. The molecule has 0 aromatic heterocycles. The van der Waals surface area contributed by atoms with Crippen molar-refractivity contribution in [1.29, 1.82) is 0 Å². The number of ether oxygens (including phenoxy) is 2. The van der Waals surface area contributed by atoms with Gasteiger partial charge in [0.1, 0.15) is 13.2 Å². The summed E-state index contributed by atoms with van der Waals surface area (Å²) in [7, 11) is -3.50. The van der Waals surface area contributed by atoms with Crippen LogP contribution in [0.25, 0.3) is 0 Å². The van der Waals surface area contributed by atoms with Crippen LogP contribution in [0.4, 0.5) is 0 Å². The molecular formula is C15H20N2O4S. The maximum Gasteiger partial charge on any atom is 0.243 e. The van der Waals surface area contributed by atoms with Crippen molar-refractivity contribution in [2.75, 3.05) is 26.3 Å². The van der Waals surface area contributed by atoms with E-state index in [0.717, 1.165) is 32.4 Å². The summed E-state index contributed by atoms with van der Waals surface area (Å²) in [5.41, 5.74) is 0. The van der Waals surface area contributed by atoms with Crippen LogP contribution in [0.2, 0.25) is 0 Å². The van der Waals surface area contributed by atoms with Crippen LogP contribution in [0.15, 0.2) is 23.1 Å². The van der Waals surface area contributed by atoms with Gasteiger partial charge in [-0.1, -0.05) is 0 Å². The van der Waals surface area contributed by atoms with Crippen LogP contribution < -0.4 is 14.8 Å². The Morgan fingerprint density at radius 1 is 1.05 bits per heavy atom. The third kappa shape index (κ3) is 2.28. The first-order valence-corrected chi connectivity index (χ1v) is 9.24. The second-order valence-electron chi connectivity index (χ2n) is 6.02. The minimum Gasteiger partial charge on any atom is -0.486 e. The molecule has 6 nitrogen and oxygen atoms in total. The number of benzene rings is 1. The zero-order chi connectivity index (χ0) is 15.2. The smallest absolute Gasteiger partial charge is 0.243 e. The van der Waals surface area contributed by atoms with Crippen LogP contribution in [0.3, 0.4) is 0 Å².